The molecular formula is C8H4FNO5. The maximum absolute atomic E-state index is 12.8. The lowest BCUT2D eigenvalue weighted by Gasteiger charge is -1.97. The topological polar surface area (TPSA) is 97.5 Å². The highest BCUT2D eigenvalue weighted by molar-refractivity contribution is 6.39. The van der Waals surface area contributed by atoms with Gasteiger partial charge in [0.15, 0.2) is 0 Å². The van der Waals surface area contributed by atoms with Crippen molar-refractivity contribution in [3.05, 3.63) is 39.7 Å². The standard InChI is InChI=1S/C8H4FNO5/c9-5-2-1-4(7(11)8(12)13)3-6(5)10(14)15/h1-3H,(H,12,13). The average molecular weight is 213 g/mol. The normalized spacial score (nSPS) is 9.67. The van der Waals surface area contributed by atoms with Gasteiger partial charge < -0.3 is 5.11 Å². The Kier molecular flexibility index (Phi) is 2.75. The maximum Gasteiger partial charge on any atom is 0.377 e. The number of hydrogen-bond acceptors (Lipinski definition) is 4. The third-order valence-electron chi connectivity index (χ3n) is 1.60. The molecule has 0 atom stereocenters. The predicted molar refractivity (Wildman–Crippen MR) is 45.0 cm³/mol. The molecule has 0 spiro atoms. The van der Waals surface area contributed by atoms with E-state index >= 15 is 0 Å². The Morgan fingerprint density at radius 3 is 2.47 bits per heavy atom. The first-order valence-electron chi connectivity index (χ1n) is 3.65. The second kappa shape index (κ2) is 3.82. The highest BCUT2D eigenvalue weighted by Crippen LogP contribution is 2.18. The van der Waals surface area contributed by atoms with Crippen LogP contribution in [-0.2, 0) is 4.79 Å². The van der Waals surface area contributed by atoms with Gasteiger partial charge in [0.05, 0.1) is 4.92 Å². The van der Waals surface area contributed by atoms with Crippen LogP contribution in [0.3, 0.4) is 0 Å². The fourth-order valence-electron chi connectivity index (χ4n) is 0.917. The first kappa shape index (κ1) is 10.8. The highest BCUT2D eigenvalue weighted by atomic mass is 19.1. The van der Waals surface area contributed by atoms with Gasteiger partial charge in [0.1, 0.15) is 0 Å². The van der Waals surface area contributed by atoms with Gasteiger partial charge in [-0.15, -0.1) is 0 Å². The fourth-order valence-corrected chi connectivity index (χ4v) is 0.917. The van der Waals surface area contributed by atoms with Crippen molar-refractivity contribution in [1.29, 1.82) is 0 Å². The molecule has 78 valence electrons. The zero-order valence-electron chi connectivity index (χ0n) is 7.14. The van der Waals surface area contributed by atoms with Crippen LogP contribution in [0.25, 0.3) is 0 Å². The summed E-state index contributed by atoms with van der Waals surface area (Å²) in [7, 11) is 0. The SMILES string of the molecule is O=C(O)C(=O)c1ccc(F)c([N+](=O)[O-])c1. The minimum absolute atomic E-state index is 0.435. The molecule has 6 nitrogen and oxygen atoms in total. The molecule has 1 rings (SSSR count). The van der Waals surface area contributed by atoms with Crippen LogP contribution in [0.4, 0.5) is 10.1 Å². The Hall–Kier alpha value is -2.31. The van der Waals surface area contributed by atoms with Crippen LogP contribution in [0.1, 0.15) is 10.4 Å². The van der Waals surface area contributed by atoms with E-state index in [-0.39, 0.29) is 0 Å². The van der Waals surface area contributed by atoms with Gasteiger partial charge in [0.25, 0.3) is 5.78 Å². The second-order valence-electron chi connectivity index (χ2n) is 2.56. The Bertz CT molecular complexity index is 456. The van der Waals surface area contributed by atoms with Gasteiger partial charge in [-0.2, -0.15) is 4.39 Å². The number of nitro benzene ring substituents is 1. The van der Waals surface area contributed by atoms with E-state index in [4.69, 9.17) is 5.11 Å². The average Bonchev–Trinajstić information content (AvgIpc) is 2.16. The predicted octanol–water partition coefficient (Wildman–Crippen LogP) is 1.00. The Morgan fingerprint density at radius 1 is 1.40 bits per heavy atom. The molecule has 0 aliphatic rings. The Balaban J connectivity index is 3.25. The number of halogens is 1. The number of ketones is 1. The van der Waals surface area contributed by atoms with Crippen LogP contribution in [0, 0.1) is 15.9 Å². The van der Waals surface area contributed by atoms with Crippen LogP contribution >= 0.6 is 0 Å². The van der Waals surface area contributed by atoms with E-state index < -0.39 is 33.7 Å². The molecule has 15 heavy (non-hydrogen) atoms. The van der Waals surface area contributed by atoms with Gasteiger partial charge >= 0.3 is 11.7 Å². The van der Waals surface area contributed by atoms with E-state index in [0.29, 0.717) is 12.1 Å². The summed E-state index contributed by atoms with van der Waals surface area (Å²) in [6.07, 6.45) is 0. The van der Waals surface area contributed by atoms with Gasteiger partial charge in [-0.25, -0.2) is 4.79 Å². The third kappa shape index (κ3) is 2.13. The molecular weight excluding hydrogens is 209 g/mol. The Morgan fingerprint density at radius 2 is 2.00 bits per heavy atom. The van der Waals surface area contributed by atoms with Crippen molar-refractivity contribution in [2.24, 2.45) is 0 Å². The van der Waals surface area contributed by atoms with E-state index in [1.807, 2.05) is 0 Å². The second-order valence-corrected chi connectivity index (χ2v) is 2.56. The lowest BCUT2D eigenvalue weighted by Crippen LogP contribution is -2.13. The number of carboxylic acids is 1. The number of carboxylic acid groups (broad SMARTS) is 1. The molecule has 0 amide bonds. The number of nitrogens with zero attached hydrogens (tertiary/aromatic N) is 1. The van der Waals surface area contributed by atoms with Crippen LogP contribution in [-0.4, -0.2) is 21.8 Å². The lowest BCUT2D eigenvalue weighted by molar-refractivity contribution is -0.387. The minimum atomic E-state index is -1.75. The number of carbonyl (C=O) groups excluding carboxylic acids is 1. The molecule has 0 saturated heterocycles. The summed E-state index contributed by atoms with van der Waals surface area (Å²) >= 11 is 0. The number of carbonyl (C=O) groups is 2. The molecule has 0 heterocycles. The number of rotatable bonds is 3. The summed E-state index contributed by atoms with van der Waals surface area (Å²) in [6.45, 7) is 0. The molecule has 1 N–H and O–H groups in total. The van der Waals surface area contributed by atoms with E-state index in [9.17, 15) is 24.1 Å². The molecule has 1 aromatic rings. The van der Waals surface area contributed by atoms with Gasteiger partial charge in [-0.05, 0) is 12.1 Å². The van der Waals surface area contributed by atoms with Crippen LogP contribution in [0.2, 0.25) is 0 Å². The maximum atomic E-state index is 12.8. The first-order valence-corrected chi connectivity index (χ1v) is 3.65. The molecule has 0 saturated carbocycles. The van der Waals surface area contributed by atoms with Crippen molar-refractivity contribution in [2.45, 2.75) is 0 Å². The summed E-state index contributed by atoms with van der Waals surface area (Å²) < 4.78 is 12.8. The van der Waals surface area contributed by atoms with Gasteiger partial charge in [0.2, 0.25) is 5.82 Å². The number of benzene rings is 1. The first-order chi connectivity index (χ1) is 6.93. The molecule has 1 aromatic carbocycles. The van der Waals surface area contributed by atoms with E-state index in [1.165, 1.54) is 0 Å². The fraction of sp³-hybridized carbons (Fsp3) is 0. The van der Waals surface area contributed by atoms with Crippen molar-refractivity contribution in [1.82, 2.24) is 0 Å². The zero-order valence-corrected chi connectivity index (χ0v) is 7.14. The summed E-state index contributed by atoms with van der Waals surface area (Å²) in [4.78, 5) is 30.4. The highest BCUT2D eigenvalue weighted by Gasteiger charge is 2.20. The number of Topliss-reactive ketones (excluding diaryl/α,β-unsaturated/α-hetero) is 1. The number of nitro groups is 1. The van der Waals surface area contributed by atoms with Gasteiger partial charge in [-0.3, -0.25) is 14.9 Å². The minimum Gasteiger partial charge on any atom is -0.475 e. The van der Waals surface area contributed by atoms with E-state index in [0.717, 1.165) is 6.07 Å². The number of aliphatic carboxylic acids is 1. The van der Waals surface area contributed by atoms with Gasteiger partial charge in [-0.1, -0.05) is 0 Å². The molecule has 0 aliphatic heterocycles. The largest absolute Gasteiger partial charge is 0.475 e. The molecule has 0 radical (unpaired) electrons. The van der Waals surface area contributed by atoms with Crippen molar-refractivity contribution < 1.29 is 24.0 Å². The summed E-state index contributed by atoms with van der Waals surface area (Å²) in [6, 6.07) is 2.14. The van der Waals surface area contributed by atoms with Gasteiger partial charge in [0, 0.05) is 11.6 Å². The zero-order chi connectivity index (χ0) is 11.6. The van der Waals surface area contributed by atoms with Crippen molar-refractivity contribution in [2.75, 3.05) is 0 Å². The van der Waals surface area contributed by atoms with Crippen molar-refractivity contribution >= 4 is 17.4 Å². The Labute approximate surface area is 82.1 Å². The third-order valence-corrected chi connectivity index (χ3v) is 1.60. The summed E-state index contributed by atoms with van der Waals surface area (Å²) in [5.41, 5.74) is -1.36. The van der Waals surface area contributed by atoms with Crippen LogP contribution in [0.15, 0.2) is 18.2 Å². The smallest absolute Gasteiger partial charge is 0.377 e. The molecule has 0 fully saturated rings. The number of hydrogen-bond donors (Lipinski definition) is 1. The van der Waals surface area contributed by atoms with E-state index in [2.05, 4.69) is 0 Å². The summed E-state index contributed by atoms with van der Waals surface area (Å²) in [5.74, 6) is -4.20. The monoisotopic (exact) mass is 213 g/mol. The van der Waals surface area contributed by atoms with Crippen molar-refractivity contribution in [3.8, 4) is 0 Å². The van der Waals surface area contributed by atoms with E-state index in [1.54, 1.807) is 0 Å². The van der Waals surface area contributed by atoms with Crippen LogP contribution in [0.5, 0.6) is 0 Å². The molecule has 0 aliphatic carbocycles. The lowest BCUT2D eigenvalue weighted by atomic mass is 10.1. The molecule has 0 aromatic heterocycles. The molecule has 7 heteroatoms. The van der Waals surface area contributed by atoms with Crippen molar-refractivity contribution in [3.63, 3.8) is 0 Å². The summed E-state index contributed by atoms with van der Waals surface area (Å²) in [5, 5.41) is 18.6. The quantitative estimate of drug-likeness (QED) is 0.349. The molecule has 0 unspecified atom stereocenters. The van der Waals surface area contributed by atoms with Crippen LogP contribution < -0.4 is 0 Å². The molecule has 0 bridgehead atoms.